The van der Waals surface area contributed by atoms with Gasteiger partial charge in [0.1, 0.15) is 17.8 Å². The van der Waals surface area contributed by atoms with Crippen LogP contribution >= 0.6 is 0 Å². The number of allylic oxidation sites excluding steroid dienone is 1. The fourth-order valence-electron chi connectivity index (χ4n) is 4.67. The molecule has 0 saturated carbocycles. The molecule has 4 heterocycles. The number of anilines is 2. The molecule has 0 bridgehead atoms. The number of hydrogen-bond donors (Lipinski definition) is 3. The van der Waals surface area contributed by atoms with Gasteiger partial charge >= 0.3 is 6.03 Å². The van der Waals surface area contributed by atoms with Crippen LogP contribution in [-0.2, 0) is 11.2 Å². The van der Waals surface area contributed by atoms with Crippen LogP contribution in [0.2, 0.25) is 0 Å². The van der Waals surface area contributed by atoms with Crippen molar-refractivity contribution in [1.29, 1.82) is 0 Å². The number of hydrogen-bond acceptors (Lipinski definition) is 7. The van der Waals surface area contributed by atoms with E-state index in [2.05, 4.69) is 36.6 Å². The monoisotopic (exact) mass is 538 g/mol. The summed E-state index contributed by atoms with van der Waals surface area (Å²) in [5.41, 5.74) is 4.21. The summed E-state index contributed by atoms with van der Waals surface area (Å²) in [7, 11) is 3.92. The number of ketones is 1. The van der Waals surface area contributed by atoms with Crippen LogP contribution in [0.15, 0.2) is 73.3 Å². The number of nitrogens with one attached hydrogen (secondary N) is 3. The number of likely N-dealkylation sites (tertiary alicyclic amines) is 1. The standard InChI is InChI=1S/C30H34N8O2/c1-37(2)13-3-4-26(39)16-21-5-7-24(8-6-21)36-30(40)38-14-10-25(11-15-38)35-28-18-27(33-20-34-28)23-17-22-9-12-31-29(22)32-19-23/h3-9,12,17-20,25H,10-11,13-16H2,1-2H3,(H,31,32)(H,36,40)(H,33,34,35)/b4-3+. The van der Waals surface area contributed by atoms with Gasteiger partial charge in [-0.3, -0.25) is 4.79 Å². The Balaban J connectivity index is 1.09. The molecule has 0 spiro atoms. The van der Waals surface area contributed by atoms with Gasteiger partial charge in [0.15, 0.2) is 5.78 Å². The quantitative estimate of drug-likeness (QED) is 0.271. The van der Waals surface area contributed by atoms with Crippen LogP contribution in [-0.4, -0.2) is 81.3 Å². The Bertz CT molecular complexity index is 1490. The van der Waals surface area contributed by atoms with Gasteiger partial charge in [0, 0.05) is 67.2 Å². The first-order valence-electron chi connectivity index (χ1n) is 13.4. The zero-order valence-electron chi connectivity index (χ0n) is 22.8. The third kappa shape index (κ3) is 7.09. The number of fused-ring (bicyclic) bond motifs is 1. The summed E-state index contributed by atoms with van der Waals surface area (Å²) < 4.78 is 0. The molecule has 4 aromatic rings. The second kappa shape index (κ2) is 12.5. The lowest BCUT2D eigenvalue weighted by molar-refractivity contribution is -0.114. The van der Waals surface area contributed by atoms with Gasteiger partial charge in [-0.1, -0.05) is 18.2 Å². The number of rotatable bonds is 9. The Hall–Kier alpha value is -4.57. The first-order chi connectivity index (χ1) is 19.4. The van der Waals surface area contributed by atoms with Crippen LogP contribution < -0.4 is 10.6 Å². The molecule has 10 heteroatoms. The van der Waals surface area contributed by atoms with Crippen molar-refractivity contribution < 1.29 is 9.59 Å². The summed E-state index contributed by atoms with van der Waals surface area (Å²) in [6.07, 6.45) is 10.7. The summed E-state index contributed by atoms with van der Waals surface area (Å²) in [6.45, 7) is 2.01. The zero-order chi connectivity index (χ0) is 27.9. The molecule has 3 aromatic heterocycles. The van der Waals surface area contributed by atoms with E-state index in [1.54, 1.807) is 18.6 Å². The maximum Gasteiger partial charge on any atom is 0.321 e. The van der Waals surface area contributed by atoms with E-state index in [9.17, 15) is 9.59 Å². The van der Waals surface area contributed by atoms with Gasteiger partial charge in [-0.05, 0) is 62.8 Å². The van der Waals surface area contributed by atoms with Gasteiger partial charge in [-0.2, -0.15) is 0 Å². The first-order valence-corrected chi connectivity index (χ1v) is 13.4. The Labute approximate surface area is 233 Å². The normalized spacial score (nSPS) is 14.2. The first kappa shape index (κ1) is 27.0. The number of nitrogens with zero attached hydrogens (tertiary/aromatic N) is 5. The van der Waals surface area contributed by atoms with Crippen molar-refractivity contribution in [3.05, 3.63) is 78.9 Å². The van der Waals surface area contributed by atoms with E-state index in [0.29, 0.717) is 25.2 Å². The van der Waals surface area contributed by atoms with Crippen molar-refractivity contribution >= 4 is 34.4 Å². The Morgan fingerprint density at radius 1 is 1.07 bits per heavy atom. The highest BCUT2D eigenvalue weighted by Gasteiger charge is 2.23. The van der Waals surface area contributed by atoms with E-state index in [-0.39, 0.29) is 17.9 Å². The van der Waals surface area contributed by atoms with Gasteiger partial charge in [0.05, 0.1) is 5.69 Å². The van der Waals surface area contributed by atoms with Crippen LogP contribution in [0.25, 0.3) is 22.3 Å². The lowest BCUT2D eigenvalue weighted by Gasteiger charge is -2.32. The molecule has 2 amide bonds. The van der Waals surface area contributed by atoms with E-state index < -0.39 is 0 Å². The maximum absolute atomic E-state index is 12.8. The van der Waals surface area contributed by atoms with Gasteiger partial charge < -0.3 is 25.4 Å². The maximum atomic E-state index is 12.8. The molecule has 40 heavy (non-hydrogen) atoms. The van der Waals surface area contributed by atoms with E-state index in [1.165, 1.54) is 0 Å². The largest absolute Gasteiger partial charge is 0.367 e. The number of carbonyl (C=O) groups is 2. The number of likely N-dealkylation sites (N-methyl/N-ethyl adjacent to an activating group) is 1. The van der Waals surface area contributed by atoms with Crippen molar-refractivity contribution in [2.24, 2.45) is 0 Å². The third-order valence-corrected chi connectivity index (χ3v) is 6.86. The van der Waals surface area contributed by atoms with Crippen LogP contribution in [0.4, 0.5) is 16.3 Å². The predicted octanol–water partition coefficient (Wildman–Crippen LogP) is 4.36. The number of aromatic nitrogens is 4. The van der Waals surface area contributed by atoms with E-state index in [4.69, 9.17) is 0 Å². The fourth-order valence-corrected chi connectivity index (χ4v) is 4.67. The van der Waals surface area contributed by atoms with E-state index >= 15 is 0 Å². The molecule has 0 atom stereocenters. The molecule has 206 valence electrons. The number of aromatic amines is 1. The molecule has 0 unspecified atom stereocenters. The smallest absolute Gasteiger partial charge is 0.321 e. The summed E-state index contributed by atoms with van der Waals surface area (Å²) in [4.78, 5) is 45.2. The van der Waals surface area contributed by atoms with E-state index in [1.807, 2.05) is 72.6 Å². The minimum absolute atomic E-state index is 0.0588. The summed E-state index contributed by atoms with van der Waals surface area (Å²) in [5, 5.41) is 7.51. The molecule has 0 radical (unpaired) electrons. The summed E-state index contributed by atoms with van der Waals surface area (Å²) in [5.74, 6) is 0.817. The molecule has 3 N–H and O–H groups in total. The average molecular weight is 539 g/mol. The topological polar surface area (TPSA) is 119 Å². The third-order valence-electron chi connectivity index (χ3n) is 6.86. The summed E-state index contributed by atoms with van der Waals surface area (Å²) in [6, 6.07) is 13.5. The molecule has 5 rings (SSSR count). The lowest BCUT2D eigenvalue weighted by atomic mass is 10.1. The lowest BCUT2D eigenvalue weighted by Crippen LogP contribution is -2.44. The van der Waals surface area contributed by atoms with Crippen molar-refractivity contribution in [2.45, 2.75) is 25.3 Å². The zero-order valence-corrected chi connectivity index (χ0v) is 22.8. The van der Waals surface area contributed by atoms with Crippen molar-refractivity contribution in [3.63, 3.8) is 0 Å². The molecule has 1 aromatic carbocycles. The van der Waals surface area contributed by atoms with Gasteiger partial charge in [-0.25, -0.2) is 19.7 Å². The van der Waals surface area contributed by atoms with Crippen LogP contribution in [0.5, 0.6) is 0 Å². The number of benzene rings is 1. The van der Waals surface area contributed by atoms with Crippen LogP contribution in [0.1, 0.15) is 18.4 Å². The van der Waals surface area contributed by atoms with Crippen molar-refractivity contribution in [3.8, 4) is 11.3 Å². The fraction of sp³-hybridized carbons (Fsp3) is 0.300. The van der Waals surface area contributed by atoms with Gasteiger partial charge in [-0.15, -0.1) is 0 Å². The van der Waals surface area contributed by atoms with Crippen LogP contribution in [0, 0.1) is 0 Å². The molecular weight excluding hydrogens is 504 g/mol. The number of piperidine rings is 1. The number of amides is 2. The van der Waals surface area contributed by atoms with E-state index in [0.717, 1.165) is 53.1 Å². The second-order valence-corrected chi connectivity index (χ2v) is 10.3. The van der Waals surface area contributed by atoms with Gasteiger partial charge in [0.2, 0.25) is 0 Å². The molecule has 1 aliphatic rings. The molecule has 10 nitrogen and oxygen atoms in total. The molecular formula is C30H34N8O2. The Morgan fingerprint density at radius 2 is 1.88 bits per heavy atom. The summed E-state index contributed by atoms with van der Waals surface area (Å²) >= 11 is 0. The highest BCUT2D eigenvalue weighted by molar-refractivity contribution is 5.92. The Morgan fingerprint density at radius 3 is 2.65 bits per heavy atom. The molecule has 1 aliphatic heterocycles. The minimum Gasteiger partial charge on any atom is -0.367 e. The second-order valence-electron chi connectivity index (χ2n) is 10.3. The average Bonchev–Trinajstić information content (AvgIpc) is 3.43. The van der Waals surface area contributed by atoms with Gasteiger partial charge in [0.25, 0.3) is 0 Å². The van der Waals surface area contributed by atoms with Crippen LogP contribution in [0.3, 0.4) is 0 Å². The number of pyridine rings is 1. The van der Waals surface area contributed by atoms with Crippen molar-refractivity contribution in [1.82, 2.24) is 29.7 Å². The highest BCUT2D eigenvalue weighted by Crippen LogP contribution is 2.23. The minimum atomic E-state index is -0.120. The molecule has 1 saturated heterocycles. The number of carbonyl (C=O) groups excluding carboxylic acids is 2. The SMILES string of the molecule is CN(C)C/C=C/C(=O)Cc1ccc(NC(=O)N2CCC(Nc3cc(-c4cnc5[nH]ccc5c4)ncn3)CC2)cc1. The van der Waals surface area contributed by atoms with Crippen molar-refractivity contribution in [2.75, 3.05) is 44.4 Å². The predicted molar refractivity (Wildman–Crippen MR) is 157 cm³/mol. The Kier molecular flexibility index (Phi) is 8.46. The number of urea groups is 1. The highest BCUT2D eigenvalue weighted by atomic mass is 16.2. The molecule has 0 aliphatic carbocycles. The molecule has 1 fully saturated rings. The number of H-pyrrole nitrogens is 1.